The van der Waals surface area contributed by atoms with Gasteiger partial charge in [-0.05, 0) is 45.4 Å². The van der Waals surface area contributed by atoms with Crippen LogP contribution in [0.3, 0.4) is 0 Å². The van der Waals surface area contributed by atoms with Crippen molar-refractivity contribution in [2.24, 2.45) is 5.41 Å². The molecule has 0 aromatic rings. The molecule has 0 saturated carbocycles. The maximum atomic E-state index is 5.61. The van der Waals surface area contributed by atoms with Crippen molar-refractivity contribution in [2.45, 2.75) is 59.4 Å². The smallest absolute Gasteiger partial charge is 0.0700 e. The maximum absolute atomic E-state index is 5.61. The molecule has 0 saturated heterocycles. The summed E-state index contributed by atoms with van der Waals surface area (Å²) in [6.07, 6.45) is 3.51. The Bertz CT molecular complexity index is 195. The minimum Gasteiger partial charge on any atom is -0.382 e. The number of nitrogens with one attached hydrogen (secondary N) is 1. The van der Waals surface area contributed by atoms with E-state index in [1.54, 1.807) is 7.11 Å². The van der Waals surface area contributed by atoms with Crippen molar-refractivity contribution in [3.05, 3.63) is 0 Å². The van der Waals surface area contributed by atoms with Crippen LogP contribution in [0.1, 0.15) is 53.9 Å². The fourth-order valence-electron chi connectivity index (χ4n) is 1.93. The predicted octanol–water partition coefficient (Wildman–Crippen LogP) is 3.23. The van der Waals surface area contributed by atoms with Crippen molar-refractivity contribution in [3.8, 4) is 0 Å². The Morgan fingerprint density at radius 3 is 2.00 bits per heavy atom. The first kappa shape index (κ1) is 17.9. The lowest BCUT2D eigenvalue weighted by atomic mass is 9.79. The highest BCUT2D eigenvalue weighted by Crippen LogP contribution is 2.30. The lowest BCUT2D eigenvalue weighted by Gasteiger charge is -2.35. The van der Waals surface area contributed by atoms with E-state index in [1.165, 1.54) is 12.8 Å². The van der Waals surface area contributed by atoms with Crippen LogP contribution in [0.25, 0.3) is 0 Å². The first-order chi connectivity index (χ1) is 8.39. The Morgan fingerprint density at radius 1 is 0.944 bits per heavy atom. The van der Waals surface area contributed by atoms with Crippen molar-refractivity contribution >= 4 is 0 Å². The largest absolute Gasteiger partial charge is 0.382 e. The Morgan fingerprint density at radius 2 is 1.56 bits per heavy atom. The van der Waals surface area contributed by atoms with Gasteiger partial charge in [-0.15, -0.1) is 0 Å². The molecule has 0 aliphatic carbocycles. The molecule has 0 fully saturated rings. The summed E-state index contributed by atoms with van der Waals surface area (Å²) >= 11 is 0. The van der Waals surface area contributed by atoms with Gasteiger partial charge in [-0.25, -0.2) is 0 Å². The van der Waals surface area contributed by atoms with E-state index in [4.69, 9.17) is 9.47 Å². The Balaban J connectivity index is 4.09. The normalized spacial score (nSPS) is 13.0. The van der Waals surface area contributed by atoms with E-state index in [2.05, 4.69) is 39.9 Å². The van der Waals surface area contributed by atoms with Gasteiger partial charge in [0.15, 0.2) is 0 Å². The van der Waals surface area contributed by atoms with Gasteiger partial charge in [0, 0.05) is 25.8 Å². The fourth-order valence-corrected chi connectivity index (χ4v) is 1.93. The highest BCUT2D eigenvalue weighted by Gasteiger charge is 2.27. The molecule has 0 bridgehead atoms. The molecule has 0 unspecified atom stereocenters. The average molecular weight is 259 g/mol. The van der Waals surface area contributed by atoms with Gasteiger partial charge in [-0.3, -0.25) is 0 Å². The van der Waals surface area contributed by atoms with Crippen molar-refractivity contribution < 1.29 is 9.47 Å². The molecule has 0 radical (unpaired) electrons. The summed E-state index contributed by atoms with van der Waals surface area (Å²) in [7, 11) is 1.71. The average Bonchev–Trinajstić information content (AvgIpc) is 2.32. The van der Waals surface area contributed by atoms with Crippen molar-refractivity contribution in [1.82, 2.24) is 5.32 Å². The molecule has 0 aliphatic heterocycles. The topological polar surface area (TPSA) is 30.5 Å². The van der Waals surface area contributed by atoms with E-state index in [1.807, 2.05) is 0 Å². The van der Waals surface area contributed by atoms with Gasteiger partial charge in [0.2, 0.25) is 0 Å². The minimum absolute atomic E-state index is 0.187. The second kappa shape index (κ2) is 8.89. The van der Waals surface area contributed by atoms with E-state index in [0.29, 0.717) is 18.6 Å². The molecule has 0 aromatic heterocycles. The van der Waals surface area contributed by atoms with Crippen LogP contribution in [0, 0.1) is 5.41 Å². The van der Waals surface area contributed by atoms with Gasteiger partial charge in [0.05, 0.1) is 13.2 Å². The van der Waals surface area contributed by atoms with Crippen molar-refractivity contribution in [2.75, 3.05) is 33.5 Å². The number of hydrogen-bond acceptors (Lipinski definition) is 3. The molecule has 18 heavy (non-hydrogen) atoms. The van der Waals surface area contributed by atoms with E-state index in [9.17, 15) is 0 Å². The highest BCUT2D eigenvalue weighted by atomic mass is 16.5. The zero-order valence-electron chi connectivity index (χ0n) is 13.3. The monoisotopic (exact) mass is 259 g/mol. The molecule has 0 heterocycles. The number of methoxy groups -OCH3 is 1. The van der Waals surface area contributed by atoms with Gasteiger partial charge in [0.25, 0.3) is 0 Å². The summed E-state index contributed by atoms with van der Waals surface area (Å²) < 4.78 is 10.6. The molecule has 0 atom stereocenters. The lowest BCUT2D eigenvalue weighted by molar-refractivity contribution is 0.0473. The SMILES string of the molecule is CCC(CC)(CCOCCOC)CNC(C)(C)C. The van der Waals surface area contributed by atoms with Crippen LogP contribution in [0.5, 0.6) is 0 Å². The number of rotatable bonds is 10. The van der Waals surface area contributed by atoms with Crippen LogP contribution in [0.2, 0.25) is 0 Å². The minimum atomic E-state index is 0.187. The van der Waals surface area contributed by atoms with Gasteiger partial charge >= 0.3 is 0 Å². The number of ether oxygens (including phenoxy) is 2. The van der Waals surface area contributed by atoms with Crippen LogP contribution in [0.15, 0.2) is 0 Å². The third kappa shape index (κ3) is 8.06. The molecular formula is C15H33NO2. The Hall–Kier alpha value is -0.120. The summed E-state index contributed by atoms with van der Waals surface area (Å²) in [6.45, 7) is 14.5. The van der Waals surface area contributed by atoms with Crippen molar-refractivity contribution in [3.63, 3.8) is 0 Å². The molecule has 0 aliphatic rings. The third-order valence-corrected chi connectivity index (χ3v) is 3.70. The summed E-state index contributed by atoms with van der Waals surface area (Å²) in [5, 5.41) is 3.64. The standard InChI is InChI=1S/C15H33NO2/c1-7-15(8-2,13-16-14(3,4)5)9-10-18-12-11-17-6/h16H,7-13H2,1-6H3. The van der Waals surface area contributed by atoms with E-state index in [-0.39, 0.29) is 5.54 Å². The molecule has 110 valence electrons. The Labute approximate surface area is 114 Å². The predicted molar refractivity (Wildman–Crippen MR) is 78.1 cm³/mol. The first-order valence-corrected chi connectivity index (χ1v) is 7.21. The van der Waals surface area contributed by atoms with Crippen LogP contribution in [0.4, 0.5) is 0 Å². The summed E-state index contributed by atoms with van der Waals surface area (Å²) in [4.78, 5) is 0. The molecule has 0 rings (SSSR count). The van der Waals surface area contributed by atoms with Crippen molar-refractivity contribution in [1.29, 1.82) is 0 Å². The lowest BCUT2D eigenvalue weighted by Crippen LogP contribution is -2.44. The van der Waals surface area contributed by atoms with Gasteiger partial charge < -0.3 is 14.8 Å². The zero-order valence-corrected chi connectivity index (χ0v) is 13.3. The maximum Gasteiger partial charge on any atom is 0.0700 e. The molecular weight excluding hydrogens is 226 g/mol. The summed E-state index contributed by atoms with van der Waals surface area (Å²) in [6, 6.07) is 0. The quantitative estimate of drug-likeness (QED) is 0.611. The number of hydrogen-bond donors (Lipinski definition) is 1. The fraction of sp³-hybridized carbons (Fsp3) is 1.00. The van der Waals surface area contributed by atoms with Gasteiger partial charge in [-0.2, -0.15) is 0 Å². The van der Waals surface area contributed by atoms with E-state index >= 15 is 0 Å². The van der Waals surface area contributed by atoms with Crippen LogP contribution >= 0.6 is 0 Å². The molecule has 3 heteroatoms. The second-order valence-corrected chi connectivity index (χ2v) is 6.17. The van der Waals surface area contributed by atoms with Crippen LogP contribution in [-0.4, -0.2) is 39.0 Å². The van der Waals surface area contributed by atoms with E-state index < -0.39 is 0 Å². The van der Waals surface area contributed by atoms with Gasteiger partial charge in [-0.1, -0.05) is 13.8 Å². The first-order valence-electron chi connectivity index (χ1n) is 7.21. The molecule has 1 N–H and O–H groups in total. The summed E-state index contributed by atoms with van der Waals surface area (Å²) in [5.74, 6) is 0. The molecule has 0 spiro atoms. The molecule has 0 amide bonds. The molecule has 3 nitrogen and oxygen atoms in total. The summed E-state index contributed by atoms with van der Waals surface area (Å²) in [5.41, 5.74) is 0.548. The van der Waals surface area contributed by atoms with Crippen LogP contribution in [-0.2, 0) is 9.47 Å². The Kier molecular flexibility index (Phi) is 8.83. The molecule has 0 aromatic carbocycles. The van der Waals surface area contributed by atoms with Gasteiger partial charge in [0.1, 0.15) is 0 Å². The third-order valence-electron chi connectivity index (χ3n) is 3.70. The van der Waals surface area contributed by atoms with E-state index in [0.717, 1.165) is 19.6 Å². The second-order valence-electron chi connectivity index (χ2n) is 6.17. The highest BCUT2D eigenvalue weighted by molar-refractivity contribution is 4.83. The van der Waals surface area contributed by atoms with Crippen LogP contribution < -0.4 is 5.32 Å². The zero-order chi connectivity index (χ0) is 14.1.